The summed E-state index contributed by atoms with van der Waals surface area (Å²) in [4.78, 5) is 22.2. The van der Waals surface area contributed by atoms with E-state index in [4.69, 9.17) is 0 Å². The zero-order valence-corrected chi connectivity index (χ0v) is 11.2. The van der Waals surface area contributed by atoms with Gasteiger partial charge in [0.15, 0.2) is 0 Å². The zero-order chi connectivity index (χ0) is 12.8. The first-order valence-corrected chi connectivity index (χ1v) is 5.98. The number of alkyl halides is 1. The Balaban J connectivity index is 2.62. The van der Waals surface area contributed by atoms with Crippen LogP contribution in [-0.4, -0.2) is 23.8 Å². The Labute approximate surface area is 108 Å². The summed E-state index contributed by atoms with van der Waals surface area (Å²) < 4.78 is 0. The molecule has 0 radical (unpaired) electrons. The fourth-order valence-corrected chi connectivity index (χ4v) is 1.19. The van der Waals surface area contributed by atoms with Crippen LogP contribution in [-0.2, 0) is 4.79 Å². The van der Waals surface area contributed by atoms with E-state index in [9.17, 15) is 9.59 Å². The Morgan fingerprint density at radius 3 is 2.00 bits per heavy atom. The highest BCUT2D eigenvalue weighted by molar-refractivity contribution is 9.10. The number of hydrogen-bond acceptors (Lipinski definition) is 2. The number of carbonyl (C=O) groups excluding carboxylic acids is 2. The molecule has 0 fully saturated rings. The molecule has 1 atom stereocenters. The van der Waals surface area contributed by atoms with Crippen molar-refractivity contribution in [3.05, 3.63) is 24.3 Å². The van der Waals surface area contributed by atoms with Gasteiger partial charge >= 0.3 is 6.03 Å². The topological polar surface area (TPSA) is 70.2 Å². The highest BCUT2D eigenvalue weighted by atomic mass is 79.9. The van der Waals surface area contributed by atoms with Crippen molar-refractivity contribution < 1.29 is 9.59 Å². The molecule has 6 heteroatoms. The molecule has 1 rings (SSSR count). The Morgan fingerprint density at radius 1 is 1.12 bits per heavy atom. The highest BCUT2D eigenvalue weighted by Gasteiger charge is 2.08. The molecule has 0 saturated heterocycles. The van der Waals surface area contributed by atoms with E-state index in [0.717, 1.165) is 0 Å². The van der Waals surface area contributed by atoms with Gasteiger partial charge in [0.2, 0.25) is 5.91 Å². The predicted molar refractivity (Wildman–Crippen MR) is 71.5 cm³/mol. The average molecular weight is 300 g/mol. The normalized spacial score (nSPS) is 11.5. The van der Waals surface area contributed by atoms with E-state index in [1.54, 1.807) is 38.2 Å². The summed E-state index contributed by atoms with van der Waals surface area (Å²) in [6, 6.07) is 6.58. The molecule has 0 aromatic heterocycles. The van der Waals surface area contributed by atoms with Crippen molar-refractivity contribution in [1.29, 1.82) is 0 Å². The zero-order valence-electron chi connectivity index (χ0n) is 9.58. The van der Waals surface area contributed by atoms with Crippen LogP contribution in [0.5, 0.6) is 0 Å². The number of hydrogen-bond donors (Lipinski definition) is 3. The number of benzene rings is 1. The van der Waals surface area contributed by atoms with Crippen LogP contribution < -0.4 is 16.0 Å². The van der Waals surface area contributed by atoms with Crippen LogP contribution in [0.3, 0.4) is 0 Å². The van der Waals surface area contributed by atoms with Gasteiger partial charge in [-0.1, -0.05) is 15.9 Å². The smallest absolute Gasteiger partial charge is 0.318 e. The lowest BCUT2D eigenvalue weighted by Crippen LogP contribution is -2.24. The van der Waals surface area contributed by atoms with Gasteiger partial charge in [0.05, 0.1) is 4.83 Å². The molecule has 3 N–H and O–H groups in total. The minimum atomic E-state index is -0.282. The molecule has 92 valence electrons. The van der Waals surface area contributed by atoms with Crippen LogP contribution in [0, 0.1) is 0 Å². The minimum absolute atomic E-state index is 0.114. The second kappa shape index (κ2) is 6.24. The first-order valence-electron chi connectivity index (χ1n) is 5.06. The van der Waals surface area contributed by atoms with Gasteiger partial charge in [0, 0.05) is 18.4 Å². The fraction of sp³-hybridized carbons (Fsp3) is 0.273. The summed E-state index contributed by atoms with van der Waals surface area (Å²) in [6.45, 7) is 1.75. The quantitative estimate of drug-likeness (QED) is 0.749. The van der Waals surface area contributed by atoms with Gasteiger partial charge in [0.25, 0.3) is 0 Å². The number of anilines is 2. The van der Waals surface area contributed by atoms with Gasteiger partial charge in [-0.2, -0.15) is 0 Å². The van der Waals surface area contributed by atoms with Crippen molar-refractivity contribution in [2.24, 2.45) is 0 Å². The maximum absolute atomic E-state index is 11.4. The van der Waals surface area contributed by atoms with Gasteiger partial charge in [-0.05, 0) is 31.2 Å². The third kappa shape index (κ3) is 4.44. The monoisotopic (exact) mass is 299 g/mol. The van der Waals surface area contributed by atoms with Crippen LogP contribution in [0.4, 0.5) is 16.2 Å². The Morgan fingerprint density at radius 2 is 1.59 bits per heavy atom. The SMILES string of the molecule is CNC(=O)Nc1ccc(NC(=O)C(C)Br)cc1. The van der Waals surface area contributed by atoms with Crippen LogP contribution in [0.15, 0.2) is 24.3 Å². The molecule has 0 aliphatic rings. The van der Waals surface area contributed by atoms with Crippen molar-refractivity contribution in [3.8, 4) is 0 Å². The lowest BCUT2D eigenvalue weighted by atomic mass is 10.2. The van der Waals surface area contributed by atoms with Crippen LogP contribution in [0.25, 0.3) is 0 Å². The summed E-state index contributed by atoms with van der Waals surface area (Å²) in [7, 11) is 1.54. The lowest BCUT2D eigenvalue weighted by molar-refractivity contribution is -0.115. The number of halogens is 1. The predicted octanol–water partition coefficient (Wildman–Crippen LogP) is 2.16. The van der Waals surface area contributed by atoms with E-state index >= 15 is 0 Å². The molecule has 0 aliphatic heterocycles. The van der Waals surface area contributed by atoms with Gasteiger partial charge in [-0.15, -0.1) is 0 Å². The summed E-state index contributed by atoms with van der Waals surface area (Å²) in [6.07, 6.45) is 0. The molecule has 3 amide bonds. The van der Waals surface area contributed by atoms with Gasteiger partial charge in [-0.3, -0.25) is 4.79 Å². The molecule has 0 bridgehead atoms. The maximum Gasteiger partial charge on any atom is 0.318 e. The molecule has 1 aromatic carbocycles. The fourth-order valence-electron chi connectivity index (χ4n) is 1.07. The standard InChI is InChI=1S/C11H14BrN3O2/c1-7(12)10(16)14-8-3-5-9(6-4-8)15-11(17)13-2/h3-7H,1-2H3,(H,14,16)(H2,13,15,17). The Hall–Kier alpha value is -1.56. The van der Waals surface area contributed by atoms with E-state index in [1.165, 1.54) is 0 Å². The average Bonchev–Trinajstić information content (AvgIpc) is 2.31. The Bertz CT molecular complexity index is 404. The number of carbonyl (C=O) groups is 2. The van der Waals surface area contributed by atoms with Gasteiger partial charge < -0.3 is 16.0 Å². The summed E-state index contributed by atoms with van der Waals surface area (Å²) in [5, 5.41) is 7.79. The van der Waals surface area contributed by atoms with Crippen molar-refractivity contribution in [3.63, 3.8) is 0 Å². The molecular weight excluding hydrogens is 286 g/mol. The molecule has 0 heterocycles. The van der Waals surface area contributed by atoms with Crippen molar-refractivity contribution in [1.82, 2.24) is 5.32 Å². The summed E-state index contributed by atoms with van der Waals surface area (Å²) in [5.74, 6) is -0.114. The molecule has 1 unspecified atom stereocenters. The van der Waals surface area contributed by atoms with E-state index in [0.29, 0.717) is 11.4 Å². The van der Waals surface area contributed by atoms with Crippen LogP contribution in [0.2, 0.25) is 0 Å². The van der Waals surface area contributed by atoms with Crippen LogP contribution >= 0.6 is 15.9 Å². The Kier molecular flexibility index (Phi) is 4.96. The second-order valence-corrected chi connectivity index (χ2v) is 4.76. The minimum Gasteiger partial charge on any atom is -0.341 e. The van der Waals surface area contributed by atoms with E-state index in [1.807, 2.05) is 0 Å². The van der Waals surface area contributed by atoms with E-state index < -0.39 is 0 Å². The molecular formula is C11H14BrN3O2. The van der Waals surface area contributed by atoms with Crippen molar-refractivity contribution >= 4 is 39.2 Å². The van der Waals surface area contributed by atoms with Gasteiger partial charge in [0.1, 0.15) is 0 Å². The molecule has 1 aromatic rings. The number of urea groups is 1. The number of amides is 3. The van der Waals surface area contributed by atoms with Crippen molar-refractivity contribution in [2.45, 2.75) is 11.8 Å². The molecule has 0 aliphatic carbocycles. The molecule has 0 saturated carbocycles. The van der Waals surface area contributed by atoms with Crippen LogP contribution in [0.1, 0.15) is 6.92 Å². The third-order valence-electron chi connectivity index (χ3n) is 2.00. The molecule has 0 spiro atoms. The highest BCUT2D eigenvalue weighted by Crippen LogP contribution is 2.14. The number of rotatable bonds is 3. The third-order valence-corrected chi connectivity index (χ3v) is 2.41. The summed E-state index contributed by atoms with van der Waals surface area (Å²) in [5.41, 5.74) is 1.35. The largest absolute Gasteiger partial charge is 0.341 e. The summed E-state index contributed by atoms with van der Waals surface area (Å²) >= 11 is 3.18. The molecule has 5 nitrogen and oxygen atoms in total. The number of nitrogens with one attached hydrogen (secondary N) is 3. The van der Waals surface area contributed by atoms with E-state index in [2.05, 4.69) is 31.9 Å². The van der Waals surface area contributed by atoms with E-state index in [-0.39, 0.29) is 16.8 Å². The second-order valence-electron chi connectivity index (χ2n) is 3.39. The first-order chi connectivity index (χ1) is 8.02. The molecule has 17 heavy (non-hydrogen) atoms. The maximum atomic E-state index is 11.4. The first kappa shape index (κ1) is 13.5. The van der Waals surface area contributed by atoms with Gasteiger partial charge in [-0.25, -0.2) is 4.79 Å². The lowest BCUT2D eigenvalue weighted by Gasteiger charge is -2.08. The van der Waals surface area contributed by atoms with Crippen molar-refractivity contribution in [2.75, 3.05) is 17.7 Å².